The standard InChI is InChI=1S/C19H32N4O/c1-15-11-16(2)14-23(13-15)19(20-3)21-12-17(18-7-6-10-24-18)22-8-4-5-9-22/h6-7,10,15-17H,4-5,8-9,11-14H2,1-3H3,(H,20,21). The van der Waals surface area contributed by atoms with Gasteiger partial charge in [-0.1, -0.05) is 13.8 Å². The summed E-state index contributed by atoms with van der Waals surface area (Å²) in [6, 6.07) is 4.37. The molecule has 2 saturated heterocycles. The van der Waals surface area contributed by atoms with Crippen molar-refractivity contribution in [1.29, 1.82) is 0 Å². The molecule has 0 spiro atoms. The fraction of sp³-hybridized carbons (Fsp3) is 0.737. The van der Waals surface area contributed by atoms with Crippen LogP contribution in [0.15, 0.2) is 27.8 Å². The molecule has 2 aliphatic rings. The minimum atomic E-state index is 0.291. The molecule has 0 radical (unpaired) electrons. The van der Waals surface area contributed by atoms with Gasteiger partial charge in [-0.25, -0.2) is 0 Å². The molecule has 24 heavy (non-hydrogen) atoms. The van der Waals surface area contributed by atoms with Crippen molar-refractivity contribution in [2.24, 2.45) is 16.8 Å². The summed E-state index contributed by atoms with van der Waals surface area (Å²) < 4.78 is 5.72. The Kier molecular flexibility index (Phi) is 5.82. The van der Waals surface area contributed by atoms with Crippen molar-refractivity contribution in [1.82, 2.24) is 15.1 Å². The predicted octanol–water partition coefficient (Wildman–Crippen LogP) is 2.97. The number of piperidine rings is 1. The summed E-state index contributed by atoms with van der Waals surface area (Å²) in [7, 11) is 1.89. The molecule has 0 aliphatic carbocycles. The quantitative estimate of drug-likeness (QED) is 0.680. The summed E-state index contributed by atoms with van der Waals surface area (Å²) in [6.45, 7) is 10.0. The molecule has 2 aliphatic heterocycles. The van der Waals surface area contributed by atoms with Crippen LogP contribution in [0, 0.1) is 11.8 Å². The van der Waals surface area contributed by atoms with Gasteiger partial charge in [-0.2, -0.15) is 0 Å². The highest BCUT2D eigenvalue weighted by atomic mass is 16.3. The first-order valence-corrected chi connectivity index (χ1v) is 9.40. The van der Waals surface area contributed by atoms with Crippen molar-refractivity contribution in [3.8, 4) is 0 Å². The van der Waals surface area contributed by atoms with Crippen molar-refractivity contribution in [3.05, 3.63) is 24.2 Å². The van der Waals surface area contributed by atoms with Gasteiger partial charge in [0.1, 0.15) is 5.76 Å². The molecule has 2 fully saturated rings. The SMILES string of the molecule is CN=C(NCC(c1ccco1)N1CCCC1)N1CC(C)CC(C)C1. The molecule has 3 atom stereocenters. The van der Waals surface area contributed by atoms with Crippen LogP contribution < -0.4 is 5.32 Å². The highest BCUT2D eigenvalue weighted by molar-refractivity contribution is 5.80. The number of likely N-dealkylation sites (tertiary alicyclic amines) is 2. The Balaban J connectivity index is 1.64. The average Bonchev–Trinajstić information content (AvgIpc) is 3.24. The third kappa shape index (κ3) is 4.12. The lowest BCUT2D eigenvalue weighted by atomic mass is 9.92. The van der Waals surface area contributed by atoms with Crippen LogP contribution in [0.1, 0.15) is 44.9 Å². The van der Waals surface area contributed by atoms with Crippen LogP contribution in [0.3, 0.4) is 0 Å². The van der Waals surface area contributed by atoms with E-state index in [4.69, 9.17) is 4.42 Å². The first kappa shape index (κ1) is 17.3. The van der Waals surface area contributed by atoms with E-state index in [2.05, 4.69) is 40.0 Å². The van der Waals surface area contributed by atoms with Gasteiger partial charge in [-0.15, -0.1) is 0 Å². The topological polar surface area (TPSA) is 44.0 Å². The zero-order chi connectivity index (χ0) is 16.9. The normalized spacial score (nSPS) is 27.5. The lowest BCUT2D eigenvalue weighted by molar-refractivity contribution is 0.197. The fourth-order valence-electron chi connectivity index (χ4n) is 4.30. The fourth-order valence-corrected chi connectivity index (χ4v) is 4.30. The molecule has 0 aromatic carbocycles. The Morgan fingerprint density at radius 1 is 1.29 bits per heavy atom. The number of hydrogen-bond donors (Lipinski definition) is 1. The van der Waals surface area contributed by atoms with E-state index in [0.29, 0.717) is 6.04 Å². The van der Waals surface area contributed by atoms with E-state index in [9.17, 15) is 0 Å². The number of nitrogens with zero attached hydrogens (tertiary/aromatic N) is 3. The summed E-state index contributed by atoms with van der Waals surface area (Å²) in [6.07, 6.45) is 5.66. The number of nitrogens with one attached hydrogen (secondary N) is 1. The van der Waals surface area contributed by atoms with Crippen molar-refractivity contribution < 1.29 is 4.42 Å². The van der Waals surface area contributed by atoms with Crippen LogP contribution >= 0.6 is 0 Å². The molecule has 5 nitrogen and oxygen atoms in total. The molecule has 134 valence electrons. The second-order valence-electron chi connectivity index (χ2n) is 7.55. The smallest absolute Gasteiger partial charge is 0.193 e. The Bertz CT molecular complexity index is 511. The zero-order valence-electron chi connectivity index (χ0n) is 15.4. The lowest BCUT2D eigenvalue weighted by Gasteiger charge is -2.37. The summed E-state index contributed by atoms with van der Waals surface area (Å²) in [4.78, 5) is 9.49. The van der Waals surface area contributed by atoms with Gasteiger partial charge < -0.3 is 14.6 Å². The Morgan fingerprint density at radius 2 is 2.00 bits per heavy atom. The van der Waals surface area contributed by atoms with E-state index in [1.165, 1.54) is 19.3 Å². The van der Waals surface area contributed by atoms with Gasteiger partial charge in [-0.05, 0) is 56.3 Å². The summed E-state index contributed by atoms with van der Waals surface area (Å²) >= 11 is 0. The molecular weight excluding hydrogens is 300 g/mol. The van der Waals surface area contributed by atoms with E-state index in [1.807, 2.05) is 13.1 Å². The number of furan rings is 1. The molecule has 0 amide bonds. The van der Waals surface area contributed by atoms with E-state index in [0.717, 1.165) is 56.3 Å². The zero-order valence-corrected chi connectivity index (χ0v) is 15.4. The highest BCUT2D eigenvalue weighted by Crippen LogP contribution is 2.25. The minimum absolute atomic E-state index is 0.291. The van der Waals surface area contributed by atoms with Gasteiger partial charge in [0, 0.05) is 26.7 Å². The number of rotatable bonds is 4. The van der Waals surface area contributed by atoms with E-state index in [1.54, 1.807) is 6.26 Å². The molecule has 0 saturated carbocycles. The Labute approximate surface area is 146 Å². The van der Waals surface area contributed by atoms with Crippen LogP contribution in [-0.2, 0) is 0 Å². The average molecular weight is 332 g/mol. The third-order valence-corrected chi connectivity index (χ3v) is 5.29. The van der Waals surface area contributed by atoms with E-state index >= 15 is 0 Å². The number of aliphatic imine (C=N–C) groups is 1. The Morgan fingerprint density at radius 3 is 2.58 bits per heavy atom. The monoisotopic (exact) mass is 332 g/mol. The Hall–Kier alpha value is -1.49. The number of hydrogen-bond acceptors (Lipinski definition) is 3. The van der Waals surface area contributed by atoms with Gasteiger partial charge in [0.05, 0.1) is 12.3 Å². The summed E-state index contributed by atoms with van der Waals surface area (Å²) in [5.74, 6) is 3.54. The van der Waals surface area contributed by atoms with Gasteiger partial charge in [0.25, 0.3) is 0 Å². The minimum Gasteiger partial charge on any atom is -0.468 e. The van der Waals surface area contributed by atoms with Crippen LogP contribution in [0.25, 0.3) is 0 Å². The van der Waals surface area contributed by atoms with Gasteiger partial charge in [0.2, 0.25) is 0 Å². The van der Waals surface area contributed by atoms with Crippen LogP contribution in [0.2, 0.25) is 0 Å². The molecule has 1 aromatic rings. The molecule has 0 bridgehead atoms. The maximum Gasteiger partial charge on any atom is 0.193 e. The van der Waals surface area contributed by atoms with E-state index in [-0.39, 0.29) is 0 Å². The van der Waals surface area contributed by atoms with Crippen LogP contribution in [-0.4, -0.2) is 55.5 Å². The lowest BCUT2D eigenvalue weighted by Crippen LogP contribution is -2.50. The first-order chi connectivity index (χ1) is 11.7. The van der Waals surface area contributed by atoms with E-state index < -0.39 is 0 Å². The largest absolute Gasteiger partial charge is 0.468 e. The van der Waals surface area contributed by atoms with Crippen molar-refractivity contribution >= 4 is 5.96 Å². The maximum atomic E-state index is 5.72. The summed E-state index contributed by atoms with van der Waals surface area (Å²) in [5.41, 5.74) is 0. The highest BCUT2D eigenvalue weighted by Gasteiger charge is 2.28. The van der Waals surface area contributed by atoms with Crippen molar-refractivity contribution in [2.75, 3.05) is 39.8 Å². The first-order valence-electron chi connectivity index (χ1n) is 9.40. The van der Waals surface area contributed by atoms with Crippen molar-refractivity contribution in [2.45, 2.75) is 39.2 Å². The second-order valence-corrected chi connectivity index (χ2v) is 7.55. The third-order valence-electron chi connectivity index (χ3n) is 5.29. The van der Waals surface area contributed by atoms with Crippen molar-refractivity contribution in [3.63, 3.8) is 0 Å². The number of guanidine groups is 1. The van der Waals surface area contributed by atoms with Crippen LogP contribution in [0.4, 0.5) is 0 Å². The van der Waals surface area contributed by atoms with Gasteiger partial charge >= 0.3 is 0 Å². The van der Waals surface area contributed by atoms with Crippen LogP contribution in [0.5, 0.6) is 0 Å². The summed E-state index contributed by atoms with van der Waals surface area (Å²) in [5, 5.41) is 3.62. The second kappa shape index (κ2) is 8.06. The molecule has 3 unspecified atom stereocenters. The predicted molar refractivity (Wildman–Crippen MR) is 98.1 cm³/mol. The molecule has 1 N–H and O–H groups in total. The van der Waals surface area contributed by atoms with Gasteiger partial charge in [0.15, 0.2) is 5.96 Å². The maximum absolute atomic E-state index is 5.72. The molecule has 5 heteroatoms. The molecule has 3 rings (SSSR count). The molecule has 3 heterocycles. The van der Waals surface area contributed by atoms with Gasteiger partial charge in [-0.3, -0.25) is 9.89 Å². The molecule has 1 aromatic heterocycles. The molecular formula is C19H32N4O.